The Kier molecular flexibility index (Phi) is 6.10. The van der Waals surface area contributed by atoms with E-state index in [9.17, 15) is 0 Å². The third-order valence-corrected chi connectivity index (χ3v) is 5.82. The summed E-state index contributed by atoms with van der Waals surface area (Å²) in [5.41, 5.74) is 4.96. The van der Waals surface area contributed by atoms with Crippen molar-refractivity contribution in [1.82, 2.24) is 9.88 Å². The number of nitrogens with one attached hydrogen (secondary N) is 1. The first-order valence-electron chi connectivity index (χ1n) is 9.14. The van der Waals surface area contributed by atoms with Crippen LogP contribution in [0.4, 0.5) is 5.69 Å². The van der Waals surface area contributed by atoms with E-state index in [2.05, 4.69) is 61.5 Å². The molecule has 0 amide bonds. The van der Waals surface area contributed by atoms with Crippen molar-refractivity contribution in [3.8, 4) is 0 Å². The lowest BCUT2D eigenvalue weighted by Crippen LogP contribution is -2.35. The van der Waals surface area contributed by atoms with Crippen molar-refractivity contribution < 1.29 is 4.74 Å². The number of nitrogens with zero attached hydrogens (tertiary/aromatic N) is 2. The number of hydrogen-bond donors (Lipinski definition) is 1. The minimum atomic E-state index is 0.209. The van der Waals surface area contributed by atoms with Gasteiger partial charge in [0.05, 0.1) is 30.0 Å². The van der Waals surface area contributed by atoms with Gasteiger partial charge in [0, 0.05) is 36.6 Å². The Morgan fingerprint density at radius 2 is 2.00 bits per heavy atom. The third kappa shape index (κ3) is 4.81. The van der Waals surface area contributed by atoms with Gasteiger partial charge in [0.25, 0.3) is 0 Å². The largest absolute Gasteiger partial charge is 0.379 e. The van der Waals surface area contributed by atoms with Crippen LogP contribution in [-0.2, 0) is 11.3 Å². The summed E-state index contributed by atoms with van der Waals surface area (Å²) in [6.45, 7) is 13.4. The van der Waals surface area contributed by atoms with Gasteiger partial charge in [0.15, 0.2) is 0 Å². The number of hydrogen-bond acceptors (Lipinski definition) is 5. The molecule has 136 valence electrons. The van der Waals surface area contributed by atoms with Gasteiger partial charge in [-0.2, -0.15) is 0 Å². The van der Waals surface area contributed by atoms with Gasteiger partial charge in [0.1, 0.15) is 0 Å². The van der Waals surface area contributed by atoms with Crippen molar-refractivity contribution in [2.75, 3.05) is 31.6 Å². The van der Waals surface area contributed by atoms with E-state index in [1.165, 1.54) is 21.8 Å². The highest BCUT2D eigenvalue weighted by Crippen LogP contribution is 2.27. The highest BCUT2D eigenvalue weighted by atomic mass is 32.1. The van der Waals surface area contributed by atoms with Crippen molar-refractivity contribution in [2.24, 2.45) is 0 Å². The lowest BCUT2D eigenvalue weighted by molar-refractivity contribution is 0.0342. The average Bonchev–Trinajstić information content (AvgIpc) is 3.09. The maximum absolute atomic E-state index is 5.44. The van der Waals surface area contributed by atoms with Crippen LogP contribution in [0.5, 0.6) is 0 Å². The molecule has 1 fully saturated rings. The summed E-state index contributed by atoms with van der Waals surface area (Å²) >= 11 is 1.76. The van der Waals surface area contributed by atoms with Gasteiger partial charge in [-0.05, 0) is 31.0 Å². The van der Waals surface area contributed by atoms with Gasteiger partial charge < -0.3 is 10.1 Å². The SMILES string of the molecule is Cc1ccc(CN2CCOCC2)cc1NC(C)c1csc(C(C)C)n1. The van der Waals surface area contributed by atoms with Crippen LogP contribution < -0.4 is 5.32 Å². The van der Waals surface area contributed by atoms with Crippen molar-refractivity contribution in [3.05, 3.63) is 45.4 Å². The van der Waals surface area contributed by atoms with Gasteiger partial charge in [-0.1, -0.05) is 26.0 Å². The molecule has 1 saturated heterocycles. The molecule has 3 rings (SSSR count). The van der Waals surface area contributed by atoms with Gasteiger partial charge >= 0.3 is 0 Å². The molecule has 0 spiro atoms. The summed E-state index contributed by atoms with van der Waals surface area (Å²) in [5, 5.41) is 7.05. The van der Waals surface area contributed by atoms with Crippen LogP contribution >= 0.6 is 11.3 Å². The number of ether oxygens (including phenoxy) is 1. The predicted molar refractivity (Wildman–Crippen MR) is 106 cm³/mol. The second kappa shape index (κ2) is 8.30. The molecule has 25 heavy (non-hydrogen) atoms. The Hall–Kier alpha value is -1.43. The second-order valence-electron chi connectivity index (χ2n) is 7.17. The summed E-state index contributed by atoms with van der Waals surface area (Å²) < 4.78 is 5.44. The molecule has 1 aromatic carbocycles. The Balaban J connectivity index is 1.68. The fourth-order valence-corrected chi connectivity index (χ4v) is 3.94. The van der Waals surface area contributed by atoms with Gasteiger partial charge in [-0.3, -0.25) is 4.90 Å². The Bertz CT molecular complexity index is 692. The summed E-state index contributed by atoms with van der Waals surface area (Å²) in [7, 11) is 0. The third-order valence-electron chi connectivity index (χ3n) is 4.66. The molecular weight excluding hydrogens is 330 g/mol. The molecule has 0 bridgehead atoms. The average molecular weight is 360 g/mol. The lowest BCUT2D eigenvalue weighted by Gasteiger charge is -2.27. The molecular formula is C20H29N3OS. The molecule has 2 aromatic rings. The summed E-state index contributed by atoms with van der Waals surface area (Å²) in [4.78, 5) is 7.24. The fourth-order valence-electron chi connectivity index (χ4n) is 3.01. The molecule has 4 nitrogen and oxygen atoms in total. The molecule has 2 heterocycles. The minimum Gasteiger partial charge on any atom is -0.379 e. The first-order valence-corrected chi connectivity index (χ1v) is 10.0. The topological polar surface area (TPSA) is 37.4 Å². The molecule has 0 saturated carbocycles. The number of aromatic nitrogens is 1. The van der Waals surface area contributed by atoms with Gasteiger partial charge in [-0.15, -0.1) is 11.3 Å². The standard InChI is InChI=1S/C20H29N3OS/c1-14(2)20-22-19(13-25-20)16(4)21-18-11-17(6-5-15(18)3)12-23-7-9-24-10-8-23/h5-6,11,13-14,16,21H,7-10,12H2,1-4H3. The van der Waals surface area contributed by atoms with Crippen LogP contribution in [0, 0.1) is 6.92 Å². The first-order chi connectivity index (χ1) is 12.0. The zero-order valence-electron chi connectivity index (χ0n) is 15.7. The summed E-state index contributed by atoms with van der Waals surface area (Å²) in [5.74, 6) is 0.490. The highest BCUT2D eigenvalue weighted by molar-refractivity contribution is 7.09. The maximum atomic E-state index is 5.44. The number of aryl methyl sites for hydroxylation is 1. The number of rotatable bonds is 6. The molecule has 1 aliphatic heterocycles. The smallest absolute Gasteiger partial charge is 0.0954 e. The molecule has 0 radical (unpaired) electrons. The van der Waals surface area contributed by atoms with Crippen LogP contribution in [0.25, 0.3) is 0 Å². The first kappa shape index (κ1) is 18.4. The number of morpholine rings is 1. The summed E-state index contributed by atoms with van der Waals surface area (Å²) in [6.07, 6.45) is 0. The molecule has 0 aliphatic carbocycles. The zero-order chi connectivity index (χ0) is 17.8. The predicted octanol–water partition coefficient (Wildman–Crippen LogP) is 4.58. The molecule has 5 heteroatoms. The Morgan fingerprint density at radius 3 is 2.68 bits per heavy atom. The monoisotopic (exact) mass is 359 g/mol. The van der Waals surface area contributed by atoms with Crippen molar-refractivity contribution in [1.29, 1.82) is 0 Å². The van der Waals surface area contributed by atoms with E-state index in [1.807, 2.05) is 0 Å². The fraction of sp³-hybridized carbons (Fsp3) is 0.550. The van der Waals surface area contributed by atoms with Crippen LogP contribution in [0.2, 0.25) is 0 Å². The van der Waals surface area contributed by atoms with E-state index >= 15 is 0 Å². The van der Waals surface area contributed by atoms with Gasteiger partial charge in [-0.25, -0.2) is 4.98 Å². The highest BCUT2D eigenvalue weighted by Gasteiger charge is 2.14. The van der Waals surface area contributed by atoms with E-state index in [1.54, 1.807) is 11.3 Å². The van der Waals surface area contributed by atoms with Crippen molar-refractivity contribution >= 4 is 17.0 Å². The number of benzene rings is 1. The zero-order valence-corrected chi connectivity index (χ0v) is 16.5. The maximum Gasteiger partial charge on any atom is 0.0954 e. The van der Waals surface area contributed by atoms with E-state index in [-0.39, 0.29) is 6.04 Å². The molecule has 1 aromatic heterocycles. The molecule has 1 atom stereocenters. The molecule has 1 unspecified atom stereocenters. The minimum absolute atomic E-state index is 0.209. The Labute approximate surface area is 155 Å². The quantitative estimate of drug-likeness (QED) is 0.819. The van der Waals surface area contributed by atoms with Crippen molar-refractivity contribution in [2.45, 2.75) is 46.2 Å². The number of thiazole rings is 1. The molecule has 1 aliphatic rings. The number of anilines is 1. The summed E-state index contributed by atoms with van der Waals surface area (Å²) in [6, 6.07) is 6.95. The van der Waals surface area contributed by atoms with E-state index in [0.717, 1.165) is 38.5 Å². The second-order valence-corrected chi connectivity index (χ2v) is 8.06. The van der Waals surface area contributed by atoms with E-state index < -0.39 is 0 Å². The van der Waals surface area contributed by atoms with Crippen molar-refractivity contribution in [3.63, 3.8) is 0 Å². The van der Waals surface area contributed by atoms with Crippen LogP contribution in [0.3, 0.4) is 0 Å². The van der Waals surface area contributed by atoms with E-state index in [0.29, 0.717) is 5.92 Å². The van der Waals surface area contributed by atoms with E-state index in [4.69, 9.17) is 9.72 Å². The van der Waals surface area contributed by atoms with Crippen LogP contribution in [0.15, 0.2) is 23.6 Å². The van der Waals surface area contributed by atoms with Gasteiger partial charge in [0.2, 0.25) is 0 Å². The Morgan fingerprint density at radius 1 is 1.24 bits per heavy atom. The lowest BCUT2D eigenvalue weighted by atomic mass is 10.1. The van der Waals surface area contributed by atoms with Crippen LogP contribution in [0.1, 0.15) is 54.6 Å². The normalized spacial score (nSPS) is 17.0. The molecule has 1 N–H and O–H groups in total. The van der Waals surface area contributed by atoms with Crippen LogP contribution in [-0.4, -0.2) is 36.2 Å².